The molecule has 1 rings (SSSR count). The summed E-state index contributed by atoms with van der Waals surface area (Å²) in [5, 5.41) is 18.7. The summed E-state index contributed by atoms with van der Waals surface area (Å²) in [5.74, 6) is -4.38. The number of carboxylic acid groups (broad SMARTS) is 2. The molecule has 6 nitrogen and oxygen atoms in total. The van der Waals surface area contributed by atoms with Crippen molar-refractivity contribution < 1.29 is 29.3 Å². The Bertz CT molecular complexity index is 642. The maximum absolute atomic E-state index is 11.7. The second-order valence-corrected chi connectivity index (χ2v) is 7.09. The van der Waals surface area contributed by atoms with E-state index < -0.39 is 35.3 Å². The molecule has 0 saturated heterocycles. The third-order valence-electron chi connectivity index (χ3n) is 3.59. The fraction of sp³-hybridized carbons (Fsp3) is 0.450. The Hall–Kier alpha value is -2.63. The monoisotopic (exact) mass is 362 g/mol. The van der Waals surface area contributed by atoms with Crippen LogP contribution in [0.15, 0.2) is 42.5 Å². The van der Waals surface area contributed by atoms with Crippen LogP contribution in [0, 0.1) is 11.8 Å². The van der Waals surface area contributed by atoms with Crippen LogP contribution >= 0.6 is 0 Å². The first-order valence-electron chi connectivity index (χ1n) is 8.48. The average molecular weight is 362 g/mol. The number of hydrogen-bond acceptors (Lipinski definition) is 4. The lowest BCUT2D eigenvalue weighted by Crippen LogP contribution is -2.24. The summed E-state index contributed by atoms with van der Waals surface area (Å²) in [4.78, 5) is 34.6. The molecule has 2 N–H and O–H groups in total. The molecule has 0 aliphatic rings. The minimum atomic E-state index is -1.10. The lowest BCUT2D eigenvalue weighted by molar-refractivity contribution is -0.155. The Balaban J connectivity index is 2.72. The van der Waals surface area contributed by atoms with Crippen molar-refractivity contribution in [2.45, 2.75) is 45.6 Å². The van der Waals surface area contributed by atoms with Crippen molar-refractivity contribution in [1.29, 1.82) is 0 Å². The number of esters is 1. The molecule has 0 fully saturated rings. The molecule has 0 aliphatic carbocycles. The van der Waals surface area contributed by atoms with Crippen molar-refractivity contribution in [3.05, 3.63) is 48.0 Å². The van der Waals surface area contributed by atoms with Gasteiger partial charge in [0.1, 0.15) is 5.60 Å². The molecule has 0 radical (unpaired) electrons. The number of benzene rings is 1. The largest absolute Gasteiger partial charge is 0.481 e. The minimum absolute atomic E-state index is 0.0466. The van der Waals surface area contributed by atoms with Gasteiger partial charge in [0.05, 0.1) is 11.8 Å². The Morgan fingerprint density at radius 2 is 1.54 bits per heavy atom. The first kappa shape index (κ1) is 21.4. The van der Waals surface area contributed by atoms with Gasteiger partial charge < -0.3 is 14.9 Å². The number of aliphatic carboxylic acids is 2. The van der Waals surface area contributed by atoms with Gasteiger partial charge in [-0.25, -0.2) is 0 Å². The summed E-state index contributed by atoms with van der Waals surface area (Å²) in [6.45, 7) is 5.21. The van der Waals surface area contributed by atoms with Crippen LogP contribution in [0.5, 0.6) is 0 Å². The van der Waals surface area contributed by atoms with Crippen molar-refractivity contribution in [3.63, 3.8) is 0 Å². The molecule has 0 saturated carbocycles. The smallest absolute Gasteiger partial charge is 0.310 e. The van der Waals surface area contributed by atoms with E-state index >= 15 is 0 Å². The van der Waals surface area contributed by atoms with Gasteiger partial charge in [0, 0.05) is 6.42 Å². The molecule has 0 spiro atoms. The molecule has 1 aromatic rings. The van der Waals surface area contributed by atoms with E-state index in [1.54, 1.807) is 20.8 Å². The first-order chi connectivity index (χ1) is 12.1. The van der Waals surface area contributed by atoms with Gasteiger partial charge in [0.25, 0.3) is 0 Å². The van der Waals surface area contributed by atoms with Crippen LogP contribution in [0.25, 0.3) is 0 Å². The maximum atomic E-state index is 11.7. The molecule has 6 heteroatoms. The number of carbonyl (C=O) groups excluding carboxylic acids is 1. The topological polar surface area (TPSA) is 101 Å². The maximum Gasteiger partial charge on any atom is 0.310 e. The number of carbonyl (C=O) groups is 3. The van der Waals surface area contributed by atoms with Crippen molar-refractivity contribution >= 4 is 17.9 Å². The van der Waals surface area contributed by atoms with Crippen molar-refractivity contribution in [3.8, 4) is 0 Å². The quantitative estimate of drug-likeness (QED) is 0.516. The molecular formula is C20H26O6. The minimum Gasteiger partial charge on any atom is -0.481 e. The molecule has 2 atom stereocenters. The average Bonchev–Trinajstić information content (AvgIpc) is 2.52. The predicted molar refractivity (Wildman–Crippen MR) is 96.6 cm³/mol. The molecule has 0 amide bonds. The second kappa shape index (κ2) is 9.75. The second-order valence-electron chi connectivity index (χ2n) is 7.09. The summed E-state index contributed by atoms with van der Waals surface area (Å²) >= 11 is 0. The third kappa shape index (κ3) is 8.46. The van der Waals surface area contributed by atoms with E-state index in [-0.39, 0.29) is 19.3 Å². The highest BCUT2D eigenvalue weighted by molar-refractivity contribution is 5.76. The Morgan fingerprint density at radius 1 is 1.00 bits per heavy atom. The summed E-state index contributed by atoms with van der Waals surface area (Å²) in [6, 6.07) is 9.12. The van der Waals surface area contributed by atoms with Gasteiger partial charge in [0.2, 0.25) is 0 Å². The van der Waals surface area contributed by atoms with E-state index in [9.17, 15) is 24.6 Å². The molecule has 26 heavy (non-hydrogen) atoms. The van der Waals surface area contributed by atoms with E-state index in [1.807, 2.05) is 30.3 Å². The van der Waals surface area contributed by atoms with Crippen molar-refractivity contribution in [1.82, 2.24) is 0 Å². The lowest BCUT2D eigenvalue weighted by atomic mass is 9.95. The molecule has 142 valence electrons. The van der Waals surface area contributed by atoms with Crippen LogP contribution in [-0.2, 0) is 25.5 Å². The van der Waals surface area contributed by atoms with Gasteiger partial charge in [-0.15, -0.1) is 0 Å². The van der Waals surface area contributed by atoms with Gasteiger partial charge in [-0.1, -0.05) is 42.5 Å². The van der Waals surface area contributed by atoms with E-state index in [4.69, 9.17) is 4.74 Å². The Labute approximate surface area is 153 Å². The van der Waals surface area contributed by atoms with Crippen molar-refractivity contribution in [2.75, 3.05) is 0 Å². The highest BCUT2D eigenvalue weighted by Crippen LogP contribution is 2.16. The number of rotatable bonds is 9. The van der Waals surface area contributed by atoms with Crippen LogP contribution in [0.4, 0.5) is 0 Å². The van der Waals surface area contributed by atoms with Crippen LogP contribution < -0.4 is 0 Å². The third-order valence-corrected chi connectivity index (χ3v) is 3.59. The molecular weight excluding hydrogens is 336 g/mol. The fourth-order valence-electron chi connectivity index (χ4n) is 2.34. The molecule has 0 heterocycles. The van der Waals surface area contributed by atoms with Gasteiger partial charge in [-0.3, -0.25) is 14.4 Å². The molecule has 1 aromatic carbocycles. The standard InChI is InChI=1S/C20H26O6/c1-20(2,3)26-17(21)12-11-15(18(22)23)9-10-16(19(24)25)13-14-7-5-4-6-8-14/h4-10,15-16H,11-13H2,1-3H3,(H,22,23)(H,24,25)/t15-,16-/m1/s1. The molecule has 0 aliphatic heterocycles. The molecule has 0 aromatic heterocycles. The summed E-state index contributed by atoms with van der Waals surface area (Å²) in [7, 11) is 0. The summed E-state index contributed by atoms with van der Waals surface area (Å²) < 4.78 is 5.16. The Kier molecular flexibility index (Phi) is 8.03. The van der Waals surface area contributed by atoms with Gasteiger partial charge in [0.15, 0.2) is 0 Å². The fourth-order valence-corrected chi connectivity index (χ4v) is 2.34. The van der Waals surface area contributed by atoms with E-state index in [2.05, 4.69) is 0 Å². The van der Waals surface area contributed by atoms with Crippen LogP contribution in [0.1, 0.15) is 39.2 Å². The Morgan fingerprint density at radius 3 is 2.04 bits per heavy atom. The predicted octanol–water partition coefficient (Wildman–Crippen LogP) is 3.31. The normalized spacial score (nSPS) is 14.0. The summed E-state index contributed by atoms with van der Waals surface area (Å²) in [5.41, 5.74) is 0.223. The zero-order valence-electron chi connectivity index (χ0n) is 15.3. The lowest BCUT2D eigenvalue weighted by Gasteiger charge is -2.19. The van der Waals surface area contributed by atoms with E-state index in [1.165, 1.54) is 12.2 Å². The zero-order chi connectivity index (χ0) is 19.7. The highest BCUT2D eigenvalue weighted by atomic mass is 16.6. The van der Waals surface area contributed by atoms with Gasteiger partial charge >= 0.3 is 17.9 Å². The first-order valence-corrected chi connectivity index (χ1v) is 8.48. The van der Waals surface area contributed by atoms with Gasteiger partial charge in [-0.2, -0.15) is 0 Å². The van der Waals surface area contributed by atoms with Crippen LogP contribution in [0.3, 0.4) is 0 Å². The number of carboxylic acids is 2. The van der Waals surface area contributed by atoms with Crippen LogP contribution in [-0.4, -0.2) is 33.7 Å². The van der Waals surface area contributed by atoms with E-state index in [0.29, 0.717) is 0 Å². The molecule has 0 unspecified atom stereocenters. The zero-order valence-corrected chi connectivity index (χ0v) is 15.3. The van der Waals surface area contributed by atoms with Gasteiger partial charge in [-0.05, 0) is 39.2 Å². The number of hydrogen-bond donors (Lipinski definition) is 2. The van der Waals surface area contributed by atoms with Crippen LogP contribution in [0.2, 0.25) is 0 Å². The van der Waals surface area contributed by atoms with Crippen molar-refractivity contribution in [2.24, 2.45) is 11.8 Å². The number of ether oxygens (including phenoxy) is 1. The van der Waals surface area contributed by atoms with E-state index in [0.717, 1.165) is 5.56 Å². The highest BCUT2D eigenvalue weighted by Gasteiger charge is 2.21. The summed E-state index contributed by atoms with van der Waals surface area (Å²) in [6.07, 6.45) is 3.02. The SMILES string of the molecule is CC(C)(C)OC(=O)CC[C@@H](C=C[C@H](Cc1ccccc1)C(=O)O)C(=O)O. The molecule has 0 bridgehead atoms.